The molecule has 3 rings (SSSR count). The molecule has 1 atom stereocenters. The number of piperidine rings is 1. The van der Waals surface area contributed by atoms with E-state index in [1.807, 2.05) is 4.90 Å². The summed E-state index contributed by atoms with van der Waals surface area (Å²) in [5.41, 5.74) is 0.713. The van der Waals surface area contributed by atoms with E-state index in [-0.39, 0.29) is 29.6 Å². The fraction of sp³-hybridized carbons (Fsp3) is 0.476. The molecule has 1 aromatic carbocycles. The molecule has 1 saturated heterocycles. The molecule has 162 valence electrons. The minimum absolute atomic E-state index is 0.0206. The third kappa shape index (κ3) is 5.91. The second-order valence-electron chi connectivity index (χ2n) is 7.70. The van der Waals surface area contributed by atoms with Crippen molar-refractivity contribution < 1.29 is 27.5 Å². The van der Waals surface area contributed by atoms with Crippen molar-refractivity contribution in [1.29, 1.82) is 0 Å². The smallest absolute Gasteiger partial charge is 0.303 e. The van der Waals surface area contributed by atoms with E-state index in [1.54, 1.807) is 18.3 Å². The second kappa shape index (κ2) is 9.42. The quantitative estimate of drug-likeness (QED) is 0.679. The fourth-order valence-corrected chi connectivity index (χ4v) is 4.28. The van der Waals surface area contributed by atoms with Crippen molar-refractivity contribution in [2.24, 2.45) is 5.92 Å². The number of hydrogen-bond donors (Lipinski definition) is 1. The van der Waals surface area contributed by atoms with Crippen LogP contribution in [0.2, 0.25) is 0 Å². The number of sulfone groups is 1. The van der Waals surface area contributed by atoms with Crippen LogP contribution in [0, 0.1) is 5.92 Å². The van der Waals surface area contributed by atoms with Crippen LogP contribution in [0.3, 0.4) is 0 Å². The van der Waals surface area contributed by atoms with E-state index in [2.05, 4.69) is 4.98 Å². The molecule has 8 nitrogen and oxygen atoms in total. The molecule has 1 aromatic heterocycles. The molecule has 1 aliphatic heterocycles. The number of likely N-dealkylation sites (tertiary alicyclic amines) is 1. The molecule has 1 fully saturated rings. The van der Waals surface area contributed by atoms with Gasteiger partial charge in [0.1, 0.15) is 0 Å². The molecule has 9 heteroatoms. The third-order valence-corrected chi connectivity index (χ3v) is 6.44. The van der Waals surface area contributed by atoms with Gasteiger partial charge in [-0.15, -0.1) is 0 Å². The molecular weight excluding hydrogens is 408 g/mol. The maximum Gasteiger partial charge on any atom is 0.303 e. The Morgan fingerprint density at radius 3 is 2.63 bits per heavy atom. The van der Waals surface area contributed by atoms with Gasteiger partial charge < -0.3 is 14.4 Å². The van der Waals surface area contributed by atoms with Crippen molar-refractivity contribution in [1.82, 2.24) is 9.88 Å². The monoisotopic (exact) mass is 434 g/mol. The molecule has 2 aromatic rings. The normalized spacial score (nSPS) is 17.1. The molecular formula is C21H26N2O6S. The lowest BCUT2D eigenvalue weighted by molar-refractivity contribution is -0.137. The van der Waals surface area contributed by atoms with Crippen molar-refractivity contribution in [2.45, 2.75) is 43.4 Å². The predicted octanol–water partition coefficient (Wildman–Crippen LogP) is 2.78. The molecule has 1 aliphatic rings. The molecule has 0 unspecified atom stereocenters. The Hall–Kier alpha value is -2.68. The molecule has 30 heavy (non-hydrogen) atoms. The zero-order valence-corrected chi connectivity index (χ0v) is 17.7. The highest BCUT2D eigenvalue weighted by Gasteiger charge is 2.24. The van der Waals surface area contributed by atoms with Crippen molar-refractivity contribution in [3.05, 3.63) is 36.4 Å². The number of nitrogens with zero attached hydrogens (tertiary/aromatic N) is 2. The summed E-state index contributed by atoms with van der Waals surface area (Å²) in [5.74, 6) is 0.424. The number of benzene rings is 1. The standard InChI is InChI=1S/C21H26N2O6S/c1-30(27,28)17-7-5-16(6-8-17)18-13-22-19(29-18)9-10-20(24)23-12-2-3-15(14-23)4-11-21(25)26/h5-8,13,15H,2-4,9-12,14H2,1H3,(H,25,26)/t15-/m0/s1. The Balaban J connectivity index is 1.53. The number of carbonyl (C=O) groups is 2. The zero-order chi connectivity index (χ0) is 21.7. The number of carboxylic acids is 1. The predicted molar refractivity (Wildman–Crippen MR) is 110 cm³/mol. The van der Waals surface area contributed by atoms with Crippen LogP contribution in [0.15, 0.2) is 39.8 Å². The first-order valence-electron chi connectivity index (χ1n) is 9.97. The molecule has 0 aliphatic carbocycles. The molecule has 0 spiro atoms. The number of hydrogen-bond acceptors (Lipinski definition) is 6. The highest BCUT2D eigenvalue weighted by molar-refractivity contribution is 7.90. The lowest BCUT2D eigenvalue weighted by Gasteiger charge is -2.32. The van der Waals surface area contributed by atoms with Gasteiger partial charge in [-0.3, -0.25) is 9.59 Å². The van der Waals surface area contributed by atoms with E-state index in [9.17, 15) is 18.0 Å². The van der Waals surface area contributed by atoms with Crippen LogP contribution < -0.4 is 0 Å². The summed E-state index contributed by atoms with van der Waals surface area (Å²) in [6.07, 6.45) is 5.95. The number of aryl methyl sites for hydroxylation is 1. The average molecular weight is 435 g/mol. The van der Waals surface area contributed by atoms with Gasteiger partial charge >= 0.3 is 5.97 Å². The van der Waals surface area contributed by atoms with Gasteiger partial charge in [0.15, 0.2) is 21.5 Å². The van der Waals surface area contributed by atoms with Crippen LogP contribution in [0.1, 0.15) is 38.0 Å². The van der Waals surface area contributed by atoms with Crippen molar-refractivity contribution in [2.75, 3.05) is 19.3 Å². The molecule has 2 heterocycles. The van der Waals surface area contributed by atoms with Gasteiger partial charge in [-0.2, -0.15) is 0 Å². The molecule has 0 bridgehead atoms. The first-order valence-corrected chi connectivity index (χ1v) is 11.9. The highest BCUT2D eigenvalue weighted by atomic mass is 32.2. The third-order valence-electron chi connectivity index (χ3n) is 5.31. The maximum absolute atomic E-state index is 12.5. The molecule has 0 radical (unpaired) electrons. The minimum atomic E-state index is -3.25. The summed E-state index contributed by atoms with van der Waals surface area (Å²) in [6.45, 7) is 1.31. The Morgan fingerprint density at radius 2 is 1.97 bits per heavy atom. The van der Waals surface area contributed by atoms with Crippen molar-refractivity contribution in [3.63, 3.8) is 0 Å². The maximum atomic E-state index is 12.5. The van der Waals surface area contributed by atoms with Crippen LogP contribution >= 0.6 is 0 Å². The van der Waals surface area contributed by atoms with Gasteiger partial charge in [-0.05, 0) is 49.4 Å². The first-order chi connectivity index (χ1) is 14.2. The van der Waals surface area contributed by atoms with Crippen molar-refractivity contribution >= 4 is 21.7 Å². The molecule has 1 amide bonds. The number of aromatic nitrogens is 1. The van der Waals surface area contributed by atoms with E-state index in [0.717, 1.165) is 19.1 Å². The lowest BCUT2D eigenvalue weighted by atomic mass is 9.93. The summed E-state index contributed by atoms with van der Waals surface area (Å²) in [4.78, 5) is 29.6. The second-order valence-corrected chi connectivity index (χ2v) is 9.71. The van der Waals surface area contributed by atoms with Crippen LogP contribution in [0.5, 0.6) is 0 Å². The molecule has 1 N–H and O–H groups in total. The van der Waals surface area contributed by atoms with Crippen molar-refractivity contribution in [3.8, 4) is 11.3 Å². The van der Waals surface area contributed by atoms with Gasteiger partial charge in [-0.1, -0.05) is 0 Å². The Bertz CT molecular complexity index is 997. The summed E-state index contributed by atoms with van der Waals surface area (Å²) >= 11 is 0. The zero-order valence-electron chi connectivity index (χ0n) is 16.9. The number of rotatable bonds is 8. The summed E-state index contributed by atoms with van der Waals surface area (Å²) in [6, 6.07) is 6.37. The average Bonchev–Trinajstić information content (AvgIpc) is 3.19. The number of aliphatic carboxylic acids is 1. The Morgan fingerprint density at radius 1 is 1.23 bits per heavy atom. The minimum Gasteiger partial charge on any atom is -0.481 e. The number of carboxylic acid groups (broad SMARTS) is 1. The summed E-state index contributed by atoms with van der Waals surface area (Å²) < 4.78 is 28.8. The SMILES string of the molecule is CS(=O)(=O)c1ccc(-c2cnc(CCC(=O)N3CCC[C@@H](CCC(=O)O)C3)o2)cc1. The van der Waals surface area contributed by atoms with Crippen LogP contribution in [-0.4, -0.2) is 54.6 Å². The van der Waals surface area contributed by atoms with Gasteiger partial charge in [0, 0.05) is 44.2 Å². The lowest BCUT2D eigenvalue weighted by Crippen LogP contribution is -2.40. The van der Waals surface area contributed by atoms with Crippen LogP contribution in [0.25, 0.3) is 11.3 Å². The van der Waals surface area contributed by atoms with Gasteiger partial charge in [0.2, 0.25) is 5.91 Å². The van der Waals surface area contributed by atoms with Gasteiger partial charge in [0.25, 0.3) is 0 Å². The van der Waals surface area contributed by atoms with E-state index in [1.165, 1.54) is 12.1 Å². The van der Waals surface area contributed by atoms with Gasteiger partial charge in [-0.25, -0.2) is 13.4 Å². The van der Waals surface area contributed by atoms with E-state index >= 15 is 0 Å². The van der Waals surface area contributed by atoms with Gasteiger partial charge in [0.05, 0.1) is 11.1 Å². The number of oxazole rings is 1. The van der Waals surface area contributed by atoms with E-state index in [0.29, 0.717) is 43.1 Å². The Kier molecular flexibility index (Phi) is 6.91. The fourth-order valence-electron chi connectivity index (χ4n) is 3.65. The first kappa shape index (κ1) is 22.0. The molecule has 0 saturated carbocycles. The summed E-state index contributed by atoms with van der Waals surface area (Å²) in [5, 5.41) is 8.84. The number of carbonyl (C=O) groups excluding carboxylic acids is 1. The van der Waals surface area contributed by atoms with E-state index in [4.69, 9.17) is 9.52 Å². The highest BCUT2D eigenvalue weighted by Crippen LogP contribution is 2.24. The topological polar surface area (TPSA) is 118 Å². The van der Waals surface area contributed by atoms with E-state index < -0.39 is 15.8 Å². The Labute approximate surface area is 175 Å². The number of amides is 1. The largest absolute Gasteiger partial charge is 0.481 e. The van der Waals surface area contributed by atoms with Crippen LogP contribution in [0.4, 0.5) is 0 Å². The summed E-state index contributed by atoms with van der Waals surface area (Å²) in [7, 11) is -3.25. The van der Waals surface area contributed by atoms with Crippen LogP contribution in [-0.2, 0) is 25.8 Å².